The number of carbonyl (C=O) groups is 5. The predicted octanol–water partition coefficient (Wildman–Crippen LogP) is 1.99. The van der Waals surface area contributed by atoms with E-state index in [1.54, 1.807) is 6.92 Å². The molecule has 0 aromatic heterocycles. The molecular formula is C35H47N5O8. The lowest BCUT2D eigenvalue weighted by molar-refractivity contribution is -0.137. The Morgan fingerprint density at radius 2 is 1.50 bits per heavy atom. The van der Waals surface area contributed by atoms with Gasteiger partial charge in [0.05, 0.1) is 19.8 Å². The molecule has 1 aliphatic rings. The first-order valence-corrected chi connectivity index (χ1v) is 16.3. The Bertz CT molecular complexity index is 1340. The Hall–Kier alpha value is -4.75. The van der Waals surface area contributed by atoms with Crippen LogP contribution >= 0.6 is 0 Å². The molecule has 2 aromatic rings. The van der Waals surface area contributed by atoms with Gasteiger partial charge in [-0.15, -0.1) is 0 Å². The number of hydrogen-bond acceptors (Lipinski definition) is 9. The third kappa shape index (κ3) is 14.8. The summed E-state index contributed by atoms with van der Waals surface area (Å²) in [6.07, 6.45) is 2.96. The molecule has 3 rings (SSSR count). The lowest BCUT2D eigenvalue weighted by atomic mass is 10.0. The summed E-state index contributed by atoms with van der Waals surface area (Å²) in [6, 6.07) is 15.5. The van der Waals surface area contributed by atoms with E-state index in [1.807, 2.05) is 60.7 Å². The van der Waals surface area contributed by atoms with E-state index in [4.69, 9.17) is 19.9 Å². The number of primary amides is 1. The van der Waals surface area contributed by atoms with Crippen molar-refractivity contribution in [2.24, 2.45) is 5.73 Å². The van der Waals surface area contributed by atoms with E-state index in [2.05, 4.69) is 20.9 Å². The molecule has 48 heavy (non-hydrogen) atoms. The number of nitrogens with two attached hydrogens (primary N) is 1. The topological polar surface area (TPSA) is 178 Å². The Balaban J connectivity index is 1.76. The number of hydrogen-bond donors (Lipinski definition) is 4. The van der Waals surface area contributed by atoms with Crippen LogP contribution in [0.15, 0.2) is 72.8 Å². The fourth-order valence-electron chi connectivity index (χ4n) is 5.03. The van der Waals surface area contributed by atoms with Crippen molar-refractivity contribution in [3.63, 3.8) is 0 Å². The summed E-state index contributed by atoms with van der Waals surface area (Å²) in [5.41, 5.74) is 6.92. The molecule has 3 atom stereocenters. The summed E-state index contributed by atoms with van der Waals surface area (Å²) < 4.78 is 15.7. The van der Waals surface area contributed by atoms with Crippen LogP contribution in [0.4, 0.5) is 4.79 Å². The van der Waals surface area contributed by atoms with Crippen molar-refractivity contribution in [3.05, 3.63) is 83.9 Å². The number of nitrogens with one attached hydrogen (secondary N) is 3. The average molecular weight is 666 g/mol. The van der Waals surface area contributed by atoms with Crippen molar-refractivity contribution in [1.82, 2.24) is 20.9 Å². The van der Waals surface area contributed by atoms with Crippen LogP contribution in [0.2, 0.25) is 0 Å². The SMILES string of the molecule is CCOC(=O)/C=C/[C@H](CCC(N)=O)NC(=O)[C@H](Cc1ccccc1)NC(=O)[C@H](CCCN1CCOCC1)NC(=O)OCc1ccccc1. The lowest BCUT2D eigenvalue weighted by Gasteiger charge is -2.28. The highest BCUT2D eigenvalue weighted by molar-refractivity contribution is 5.91. The van der Waals surface area contributed by atoms with Crippen LogP contribution in [0.5, 0.6) is 0 Å². The molecule has 2 aromatic carbocycles. The molecule has 0 bridgehead atoms. The maximum absolute atomic E-state index is 13.8. The van der Waals surface area contributed by atoms with Gasteiger partial charge in [0.25, 0.3) is 0 Å². The molecule has 4 amide bonds. The second kappa shape index (κ2) is 21.2. The number of ether oxygens (including phenoxy) is 3. The minimum atomic E-state index is -1.06. The van der Waals surface area contributed by atoms with Crippen LogP contribution in [-0.4, -0.2) is 92.3 Å². The van der Waals surface area contributed by atoms with Crippen LogP contribution in [-0.2, 0) is 46.4 Å². The summed E-state index contributed by atoms with van der Waals surface area (Å²) in [5, 5.41) is 8.33. The van der Waals surface area contributed by atoms with Gasteiger partial charge in [0.2, 0.25) is 17.7 Å². The molecule has 0 saturated carbocycles. The highest BCUT2D eigenvalue weighted by Crippen LogP contribution is 2.09. The van der Waals surface area contributed by atoms with Crippen molar-refractivity contribution in [2.45, 2.75) is 63.8 Å². The molecule has 0 aliphatic carbocycles. The maximum Gasteiger partial charge on any atom is 0.408 e. The summed E-state index contributed by atoms with van der Waals surface area (Å²) >= 11 is 0. The van der Waals surface area contributed by atoms with E-state index < -0.39 is 47.9 Å². The molecule has 13 heteroatoms. The van der Waals surface area contributed by atoms with E-state index in [-0.39, 0.29) is 32.5 Å². The Morgan fingerprint density at radius 1 is 0.854 bits per heavy atom. The summed E-state index contributed by atoms with van der Waals surface area (Å²) in [4.78, 5) is 66.0. The molecule has 1 fully saturated rings. The standard InChI is InChI=1S/C35H47N5O8/c1-2-47-32(42)18-16-28(15-17-31(36)41)37-34(44)30(24-26-10-5-3-6-11-26)38-33(43)29(14-9-19-40-20-22-46-23-21-40)39-35(45)48-25-27-12-7-4-8-13-27/h3-8,10-13,16,18,28-30H,2,9,14-15,17,19-25H2,1H3,(H2,36,41)(H,37,44)(H,38,43)(H,39,45)/b18-16+/t28-,29-,30-/m0/s1. The normalized spacial score (nSPS) is 15.1. The first kappa shape index (κ1) is 37.7. The number of benzene rings is 2. The second-order valence-electron chi connectivity index (χ2n) is 11.3. The minimum absolute atomic E-state index is 0.0276. The van der Waals surface area contributed by atoms with Gasteiger partial charge in [-0.1, -0.05) is 66.7 Å². The van der Waals surface area contributed by atoms with Gasteiger partial charge in [-0.2, -0.15) is 0 Å². The minimum Gasteiger partial charge on any atom is -0.463 e. The van der Waals surface area contributed by atoms with Gasteiger partial charge < -0.3 is 35.9 Å². The fourth-order valence-corrected chi connectivity index (χ4v) is 5.03. The molecular weight excluding hydrogens is 618 g/mol. The van der Waals surface area contributed by atoms with Crippen molar-refractivity contribution in [1.29, 1.82) is 0 Å². The number of carbonyl (C=O) groups excluding carboxylic acids is 5. The Labute approximate surface area is 281 Å². The third-order valence-corrected chi connectivity index (χ3v) is 7.59. The monoisotopic (exact) mass is 665 g/mol. The second-order valence-corrected chi connectivity index (χ2v) is 11.3. The zero-order valence-electron chi connectivity index (χ0n) is 27.4. The lowest BCUT2D eigenvalue weighted by Crippen LogP contribution is -2.55. The van der Waals surface area contributed by atoms with Crippen molar-refractivity contribution in [2.75, 3.05) is 39.5 Å². The summed E-state index contributed by atoms with van der Waals surface area (Å²) in [6.45, 7) is 5.42. The smallest absolute Gasteiger partial charge is 0.408 e. The third-order valence-electron chi connectivity index (χ3n) is 7.59. The maximum atomic E-state index is 13.8. The van der Waals surface area contributed by atoms with Crippen molar-refractivity contribution >= 4 is 29.8 Å². The van der Waals surface area contributed by atoms with E-state index in [1.165, 1.54) is 12.2 Å². The number of morpholine rings is 1. The van der Waals surface area contributed by atoms with Crippen molar-refractivity contribution in [3.8, 4) is 0 Å². The van der Waals surface area contributed by atoms with E-state index >= 15 is 0 Å². The van der Waals surface area contributed by atoms with E-state index in [9.17, 15) is 24.0 Å². The zero-order chi connectivity index (χ0) is 34.6. The molecule has 13 nitrogen and oxygen atoms in total. The number of amides is 4. The van der Waals surface area contributed by atoms with Gasteiger partial charge in [-0.25, -0.2) is 9.59 Å². The van der Waals surface area contributed by atoms with E-state index in [0.29, 0.717) is 32.6 Å². The summed E-state index contributed by atoms with van der Waals surface area (Å²) in [5.74, 6) is -2.28. The molecule has 1 heterocycles. The van der Waals surface area contributed by atoms with Gasteiger partial charge >= 0.3 is 12.1 Å². The average Bonchev–Trinajstić information content (AvgIpc) is 3.09. The Kier molecular flexibility index (Phi) is 16.6. The van der Waals surface area contributed by atoms with Gasteiger partial charge in [-0.05, 0) is 43.9 Å². The highest BCUT2D eigenvalue weighted by Gasteiger charge is 2.29. The van der Waals surface area contributed by atoms with Gasteiger partial charge in [0.1, 0.15) is 18.7 Å². The molecule has 0 spiro atoms. The molecule has 0 radical (unpaired) electrons. The van der Waals surface area contributed by atoms with Crippen LogP contribution in [0.3, 0.4) is 0 Å². The van der Waals surface area contributed by atoms with Gasteiger partial charge in [0.15, 0.2) is 0 Å². The first-order valence-electron chi connectivity index (χ1n) is 16.3. The van der Waals surface area contributed by atoms with Crippen LogP contribution < -0.4 is 21.7 Å². The number of rotatable bonds is 19. The summed E-state index contributed by atoms with van der Waals surface area (Å²) in [7, 11) is 0. The van der Waals surface area contributed by atoms with Crippen LogP contribution in [0.25, 0.3) is 0 Å². The molecule has 1 aliphatic heterocycles. The van der Waals surface area contributed by atoms with E-state index in [0.717, 1.165) is 24.2 Å². The van der Waals surface area contributed by atoms with Crippen LogP contribution in [0.1, 0.15) is 43.7 Å². The van der Waals surface area contributed by atoms with Crippen molar-refractivity contribution < 1.29 is 38.2 Å². The Morgan fingerprint density at radius 3 is 2.15 bits per heavy atom. The fraction of sp³-hybridized carbons (Fsp3) is 0.457. The number of alkyl carbamates (subject to hydrolysis) is 1. The largest absolute Gasteiger partial charge is 0.463 e. The molecule has 1 saturated heterocycles. The quantitative estimate of drug-likeness (QED) is 0.129. The van der Waals surface area contributed by atoms with Gasteiger partial charge in [-0.3, -0.25) is 19.3 Å². The zero-order valence-corrected chi connectivity index (χ0v) is 27.4. The number of nitrogens with zero attached hydrogens (tertiary/aromatic N) is 1. The van der Waals surface area contributed by atoms with Gasteiger partial charge in [0, 0.05) is 38.0 Å². The highest BCUT2D eigenvalue weighted by atomic mass is 16.5. The number of esters is 1. The molecule has 260 valence electrons. The molecule has 0 unspecified atom stereocenters. The first-order chi connectivity index (χ1) is 23.2. The predicted molar refractivity (Wildman–Crippen MR) is 178 cm³/mol. The van der Waals surface area contributed by atoms with Crippen LogP contribution in [0, 0.1) is 0 Å². The molecule has 5 N–H and O–H groups in total.